The monoisotopic (exact) mass is 945 g/mol. The Morgan fingerprint density at radius 3 is 1.39 bits per heavy atom. The molecule has 1 heterocycles. The molecule has 0 saturated carbocycles. The molecule has 318 valence electrons. The molecule has 0 nitrogen and oxygen atoms in total. The zero-order valence-corrected chi connectivity index (χ0v) is 43.2. The van der Waals surface area contributed by atoms with E-state index in [0.717, 1.165) is 22.4 Å². The van der Waals surface area contributed by atoms with Gasteiger partial charge in [-0.15, -0.1) is 74.6 Å². The zero-order valence-electron chi connectivity index (χ0n) is 38.3. The van der Waals surface area contributed by atoms with E-state index in [4.69, 9.17) is 17.0 Å². The van der Waals surface area contributed by atoms with Gasteiger partial charge in [-0.05, 0) is 72.6 Å². The first-order valence-electron chi connectivity index (χ1n) is 22.2. The van der Waals surface area contributed by atoms with Gasteiger partial charge in [0.25, 0.3) is 0 Å². The maximum absolute atomic E-state index is 4.93. The van der Waals surface area contributed by atoms with Gasteiger partial charge in [0.05, 0.1) is 9.52 Å². The number of benzene rings is 6. The van der Waals surface area contributed by atoms with Crippen LogP contribution in [-0.2, 0) is 33.7 Å². The molecule has 1 aliphatic rings. The van der Waals surface area contributed by atoms with Crippen LogP contribution in [-0.4, -0.2) is 9.52 Å². The molecule has 0 aromatic heterocycles. The molecule has 8 aromatic carbocycles. The average Bonchev–Trinajstić information content (AvgIpc) is 3.95. The summed E-state index contributed by atoms with van der Waals surface area (Å²) in [4.78, 5) is 0. The van der Waals surface area contributed by atoms with Crippen LogP contribution in [0.15, 0.2) is 140 Å². The van der Waals surface area contributed by atoms with Crippen molar-refractivity contribution in [3.8, 4) is 33.4 Å². The van der Waals surface area contributed by atoms with Crippen molar-refractivity contribution in [2.24, 2.45) is 11.8 Å². The van der Waals surface area contributed by atoms with Gasteiger partial charge < -0.3 is 0 Å². The van der Waals surface area contributed by atoms with Gasteiger partial charge in [-0.1, -0.05) is 161 Å². The van der Waals surface area contributed by atoms with Gasteiger partial charge in [0.1, 0.15) is 0 Å². The third-order valence-corrected chi connectivity index (χ3v) is 13.0. The van der Waals surface area contributed by atoms with Gasteiger partial charge in [-0.2, -0.15) is 41.6 Å². The van der Waals surface area contributed by atoms with Crippen LogP contribution in [0.5, 0.6) is 0 Å². The summed E-state index contributed by atoms with van der Waals surface area (Å²) < 4.78 is 0. The van der Waals surface area contributed by atoms with Gasteiger partial charge >= 0.3 is 37.9 Å². The second-order valence-electron chi connectivity index (χ2n) is 18.1. The number of hydrogen-bond acceptors (Lipinski definition) is 0. The smallest absolute Gasteiger partial charge is 0.0920 e. The number of hydrogen-bond donors (Lipinski definition) is 0. The molecular formula is C58H61Cl2SiZr-3. The van der Waals surface area contributed by atoms with Gasteiger partial charge in [-0.25, -0.2) is 0 Å². The summed E-state index contributed by atoms with van der Waals surface area (Å²) in [5.74, 6) is 2.44. The fraction of sp³-hybridized carbons (Fsp3) is 0.276. The van der Waals surface area contributed by atoms with Crippen LogP contribution < -0.4 is 10.4 Å². The van der Waals surface area contributed by atoms with Crippen molar-refractivity contribution in [3.63, 3.8) is 0 Å². The van der Waals surface area contributed by atoms with Gasteiger partial charge in [0.15, 0.2) is 0 Å². The van der Waals surface area contributed by atoms with Crippen molar-refractivity contribution in [2.45, 2.75) is 93.9 Å². The fourth-order valence-electron chi connectivity index (χ4n) is 8.90. The van der Waals surface area contributed by atoms with Crippen molar-refractivity contribution in [1.29, 1.82) is 0 Å². The number of halogens is 2. The molecule has 0 atom stereocenters. The summed E-state index contributed by atoms with van der Waals surface area (Å²) in [7, 11) is 10.7. The molecule has 0 aliphatic carbocycles. The molecule has 62 heavy (non-hydrogen) atoms. The van der Waals surface area contributed by atoms with E-state index < -0.39 is 20.8 Å². The molecule has 0 saturated heterocycles. The summed E-state index contributed by atoms with van der Waals surface area (Å²) in [5.41, 5.74) is 16.9. The maximum atomic E-state index is 4.93. The van der Waals surface area contributed by atoms with Crippen LogP contribution in [0, 0.1) is 31.7 Å². The summed E-state index contributed by atoms with van der Waals surface area (Å²) in [6.07, 6.45) is 2.30. The molecule has 0 bridgehead atoms. The summed E-state index contributed by atoms with van der Waals surface area (Å²) >= 11 is -0.826. The van der Waals surface area contributed by atoms with E-state index >= 15 is 0 Å². The van der Waals surface area contributed by atoms with E-state index in [1.165, 1.54) is 98.7 Å². The van der Waals surface area contributed by atoms with E-state index in [2.05, 4.69) is 209 Å². The van der Waals surface area contributed by atoms with E-state index in [-0.39, 0.29) is 0 Å². The predicted octanol–water partition coefficient (Wildman–Crippen LogP) is 16.2. The topological polar surface area (TPSA) is 0 Å². The first-order valence-corrected chi connectivity index (χ1v) is 29.5. The van der Waals surface area contributed by atoms with Crippen LogP contribution >= 0.6 is 17.0 Å². The molecule has 1 aliphatic heterocycles. The third kappa shape index (κ3) is 11.5. The third-order valence-electron chi connectivity index (χ3n) is 11.7. The van der Waals surface area contributed by atoms with Crippen molar-refractivity contribution < 1.29 is 20.8 Å². The van der Waals surface area contributed by atoms with Crippen molar-refractivity contribution >= 4 is 58.5 Å². The van der Waals surface area contributed by atoms with Crippen LogP contribution in [0.25, 0.3) is 54.9 Å². The van der Waals surface area contributed by atoms with E-state index in [9.17, 15) is 0 Å². The SMILES string of the molecule is Cc1ccccc1-c1c(C(C)C)ccc2[cH-]c(CC(C)C)cc12.Cc1ccccc1-c1c(C(C)C)ccc2[cH-]c(CC(C)C)cc12.[Cl][Zr][Cl].[c-]1cccc2c1[Si]c1ccccc1-2. The molecule has 0 N–H and O–H groups in total. The predicted molar refractivity (Wildman–Crippen MR) is 272 cm³/mol. The molecule has 9 rings (SSSR count). The Labute approximate surface area is 394 Å². The second kappa shape index (κ2) is 22.2. The number of aryl methyl sites for hydroxylation is 2. The molecule has 0 spiro atoms. The Morgan fingerprint density at radius 1 is 0.532 bits per heavy atom. The molecular weight excluding hydrogens is 887 g/mol. The van der Waals surface area contributed by atoms with Crippen LogP contribution in [0.4, 0.5) is 0 Å². The van der Waals surface area contributed by atoms with Crippen molar-refractivity contribution in [3.05, 3.63) is 179 Å². The molecule has 0 fully saturated rings. The Hall–Kier alpha value is -3.78. The first kappa shape index (κ1) is 47.7. The average molecular weight is 948 g/mol. The Kier molecular flexibility index (Phi) is 17.1. The van der Waals surface area contributed by atoms with Crippen LogP contribution in [0.3, 0.4) is 0 Å². The minimum atomic E-state index is -0.826. The van der Waals surface area contributed by atoms with Crippen molar-refractivity contribution in [1.82, 2.24) is 0 Å². The summed E-state index contributed by atoms with van der Waals surface area (Å²) in [6, 6.07) is 54.6. The van der Waals surface area contributed by atoms with Crippen molar-refractivity contribution in [2.75, 3.05) is 0 Å². The minimum absolute atomic E-state index is 0.525. The zero-order chi connectivity index (χ0) is 44.5. The van der Waals surface area contributed by atoms with E-state index in [1.807, 2.05) is 6.07 Å². The Morgan fingerprint density at radius 2 is 0.952 bits per heavy atom. The fourth-order valence-corrected chi connectivity index (χ4v) is 10.2. The molecule has 4 heteroatoms. The first-order chi connectivity index (χ1) is 29.8. The molecule has 8 aromatic rings. The van der Waals surface area contributed by atoms with Gasteiger partial charge in [-0.3, -0.25) is 0 Å². The van der Waals surface area contributed by atoms with E-state index in [0.29, 0.717) is 23.7 Å². The standard InChI is InChI=1S/2C23H27.C12H7Si.2ClH.Zr/c2*1-15(2)12-18-13-19-10-11-20(16(3)4)23(22(19)14-18)21-9-7-6-8-17(21)5;1-3-7-11-9(5-1)10-6-2-4-8-12(10)13-11;;;/h2*6-11,13-16H,12H2,1-5H3;1-7H;2*1H;/q3*-1;;;+2/p-2. The quantitative estimate of drug-likeness (QED) is 0.105. The van der Waals surface area contributed by atoms with Gasteiger partial charge in [0, 0.05) is 0 Å². The normalized spacial score (nSPS) is 11.5. The minimum Gasteiger partial charge on any atom is -0.184 e. The maximum Gasteiger partial charge on any atom is 0.0920 e. The molecule has 2 radical (unpaired) electrons. The Bertz CT molecular complexity index is 2520. The molecule has 0 amide bonds. The number of fused-ring (bicyclic) bond motifs is 5. The molecule has 0 unspecified atom stereocenters. The number of rotatable bonds is 8. The largest absolute Gasteiger partial charge is 0.184 e. The van der Waals surface area contributed by atoms with Crippen LogP contribution in [0.1, 0.15) is 101 Å². The Balaban J connectivity index is 0.000000155. The van der Waals surface area contributed by atoms with Crippen LogP contribution in [0.2, 0.25) is 0 Å². The van der Waals surface area contributed by atoms with Gasteiger partial charge in [0.2, 0.25) is 0 Å². The second-order valence-corrected chi connectivity index (χ2v) is 23.1. The summed E-state index contributed by atoms with van der Waals surface area (Å²) in [5, 5.41) is 8.41. The summed E-state index contributed by atoms with van der Waals surface area (Å²) in [6.45, 7) is 22.8. The van der Waals surface area contributed by atoms with E-state index in [1.54, 1.807) is 0 Å².